The van der Waals surface area contributed by atoms with Crippen molar-refractivity contribution in [3.05, 3.63) is 173 Å². The number of benzene rings is 5. The van der Waals surface area contributed by atoms with Crippen LogP contribution >= 0.6 is 0 Å². The number of aryl methyl sites for hydroxylation is 1. The monoisotopic (exact) mass is 776 g/mol. The highest BCUT2D eigenvalue weighted by atomic mass is 32.2. The summed E-state index contributed by atoms with van der Waals surface area (Å²) < 4.78 is 56.2. The Labute approximate surface area is 322 Å². The van der Waals surface area contributed by atoms with Crippen molar-refractivity contribution in [2.24, 2.45) is 5.10 Å². The molecule has 5 aromatic carbocycles. The van der Waals surface area contributed by atoms with Gasteiger partial charge in [-0.25, -0.2) is 24.0 Å². The Kier molecular flexibility index (Phi) is 12.6. The summed E-state index contributed by atoms with van der Waals surface area (Å²) in [6, 6.07) is 37.9. The minimum atomic E-state index is -4.19. The molecule has 0 saturated carbocycles. The molecule has 1 saturated heterocycles. The average Bonchev–Trinajstić information content (AvgIpc) is 3.23. The predicted molar refractivity (Wildman–Crippen MR) is 202 cm³/mol. The van der Waals surface area contributed by atoms with Crippen molar-refractivity contribution in [2.75, 3.05) is 6.61 Å². The van der Waals surface area contributed by atoms with Gasteiger partial charge in [0.05, 0.1) is 33.4 Å². The van der Waals surface area contributed by atoms with Gasteiger partial charge in [-0.3, -0.25) is 0 Å². The van der Waals surface area contributed by atoms with Crippen LogP contribution in [0.2, 0.25) is 0 Å². The standard InChI is InChI=1S/C42H36N2O11S/c1-28-22-24-33(25-23-28)56(49,50)44-43-26-34-36(53-40(46)30-16-8-3-9-17-30)38(55-42(48)32-20-12-5-13-21-32)37(54-41(47)31-18-10-4-11-19-31)35(52-34)27-51-39(45)29-14-6-2-7-15-29/h2-26,34-38,44H,27H2,1H3/t34-,35+,36-,37+,38+/m0/s1. The number of hydrogen-bond donors (Lipinski definition) is 1. The molecule has 1 aliphatic heterocycles. The zero-order valence-corrected chi connectivity index (χ0v) is 30.7. The molecule has 1 fully saturated rings. The van der Waals surface area contributed by atoms with Gasteiger partial charge >= 0.3 is 23.9 Å². The number of carbonyl (C=O) groups is 4. The number of carbonyl (C=O) groups excluding carboxylic acids is 4. The van der Waals surface area contributed by atoms with Crippen LogP contribution in [0.15, 0.2) is 156 Å². The Balaban J connectivity index is 1.41. The smallest absolute Gasteiger partial charge is 0.338 e. The van der Waals surface area contributed by atoms with Crippen LogP contribution in [0.25, 0.3) is 0 Å². The molecule has 56 heavy (non-hydrogen) atoms. The Hall–Kier alpha value is -6.64. The molecule has 1 heterocycles. The maximum atomic E-state index is 13.8. The van der Waals surface area contributed by atoms with Crippen molar-refractivity contribution in [1.29, 1.82) is 0 Å². The third kappa shape index (κ3) is 9.91. The first-order valence-electron chi connectivity index (χ1n) is 17.4. The van der Waals surface area contributed by atoms with E-state index in [1.807, 2.05) is 0 Å². The van der Waals surface area contributed by atoms with E-state index in [2.05, 4.69) is 9.93 Å². The fraction of sp³-hybridized carbons (Fsp3) is 0.167. The van der Waals surface area contributed by atoms with E-state index in [0.717, 1.165) is 11.8 Å². The highest BCUT2D eigenvalue weighted by Gasteiger charge is 2.52. The van der Waals surface area contributed by atoms with E-state index in [9.17, 15) is 27.6 Å². The van der Waals surface area contributed by atoms with Gasteiger partial charge in [-0.2, -0.15) is 13.5 Å². The molecule has 286 valence electrons. The first kappa shape index (κ1) is 39.1. The molecular weight excluding hydrogens is 741 g/mol. The summed E-state index contributed by atoms with van der Waals surface area (Å²) in [6.07, 6.45) is -6.68. The van der Waals surface area contributed by atoms with Crippen LogP contribution in [0.4, 0.5) is 0 Å². The number of nitrogens with zero attached hydrogens (tertiary/aromatic N) is 1. The minimum absolute atomic E-state index is 0.0786. The molecule has 5 aromatic rings. The summed E-state index contributed by atoms with van der Waals surface area (Å²) in [5, 5.41) is 3.94. The lowest BCUT2D eigenvalue weighted by Crippen LogP contribution is -2.63. The van der Waals surface area contributed by atoms with Crippen LogP contribution in [0, 0.1) is 6.92 Å². The van der Waals surface area contributed by atoms with Crippen LogP contribution in [0.3, 0.4) is 0 Å². The molecule has 0 aliphatic carbocycles. The Morgan fingerprint density at radius 2 is 1.00 bits per heavy atom. The average molecular weight is 777 g/mol. The number of esters is 4. The predicted octanol–water partition coefficient (Wildman–Crippen LogP) is 5.56. The molecule has 0 radical (unpaired) electrons. The molecule has 0 bridgehead atoms. The quantitative estimate of drug-likeness (QED) is 0.0687. The first-order valence-corrected chi connectivity index (χ1v) is 18.8. The van der Waals surface area contributed by atoms with Crippen LogP contribution in [-0.2, 0) is 33.7 Å². The largest absolute Gasteiger partial charge is 0.459 e. The molecule has 0 amide bonds. The lowest BCUT2D eigenvalue weighted by molar-refractivity contribution is -0.211. The lowest BCUT2D eigenvalue weighted by atomic mass is 9.94. The summed E-state index contributed by atoms with van der Waals surface area (Å²) in [5.41, 5.74) is 1.42. The first-order chi connectivity index (χ1) is 27.1. The second-order valence-corrected chi connectivity index (χ2v) is 14.2. The van der Waals surface area contributed by atoms with Crippen molar-refractivity contribution in [3.8, 4) is 0 Å². The van der Waals surface area contributed by atoms with Gasteiger partial charge in [0.1, 0.15) is 18.8 Å². The topological polar surface area (TPSA) is 173 Å². The van der Waals surface area contributed by atoms with E-state index >= 15 is 0 Å². The van der Waals surface area contributed by atoms with E-state index in [1.165, 1.54) is 60.7 Å². The van der Waals surface area contributed by atoms with Gasteiger partial charge in [-0.15, -0.1) is 0 Å². The molecule has 0 spiro atoms. The summed E-state index contributed by atoms with van der Waals surface area (Å²) in [4.78, 5) is 56.2. The molecule has 1 aliphatic rings. The van der Waals surface area contributed by atoms with Crippen molar-refractivity contribution < 1.29 is 51.3 Å². The Morgan fingerprint density at radius 3 is 1.46 bits per heavy atom. The number of hydrogen-bond acceptors (Lipinski definition) is 12. The fourth-order valence-corrected chi connectivity index (χ4v) is 6.46. The molecular formula is C42H36N2O11S. The molecule has 14 heteroatoms. The third-order valence-electron chi connectivity index (χ3n) is 8.54. The second-order valence-electron chi connectivity index (χ2n) is 12.5. The Morgan fingerprint density at radius 1 is 0.589 bits per heavy atom. The molecule has 5 atom stereocenters. The SMILES string of the molecule is Cc1ccc(S(=O)(=O)NN=C[C@@H]2O[C@H](COC(=O)c3ccccc3)[C@@H](OC(=O)c3ccccc3)[C@H](OC(=O)c3ccccc3)[C@H]2OC(=O)c2ccccc2)cc1. The molecule has 0 aromatic heterocycles. The summed E-state index contributed by atoms with van der Waals surface area (Å²) in [6.45, 7) is 1.25. The van der Waals surface area contributed by atoms with Crippen LogP contribution in [-0.4, -0.2) is 75.6 Å². The van der Waals surface area contributed by atoms with Gasteiger partial charge in [-0.1, -0.05) is 90.5 Å². The van der Waals surface area contributed by atoms with Crippen molar-refractivity contribution in [2.45, 2.75) is 42.3 Å². The fourth-order valence-electron chi connectivity index (χ4n) is 5.66. The van der Waals surface area contributed by atoms with Crippen molar-refractivity contribution >= 4 is 40.1 Å². The number of rotatable bonds is 13. The third-order valence-corrected chi connectivity index (χ3v) is 9.78. The van der Waals surface area contributed by atoms with E-state index in [0.29, 0.717) is 0 Å². The number of nitrogens with one attached hydrogen (secondary N) is 1. The molecule has 6 rings (SSSR count). The summed E-state index contributed by atoms with van der Waals surface area (Å²) in [7, 11) is -4.19. The van der Waals surface area contributed by atoms with E-state index in [1.54, 1.807) is 91.9 Å². The number of sulfonamides is 1. The van der Waals surface area contributed by atoms with Gasteiger partial charge in [0.2, 0.25) is 0 Å². The number of hydrazone groups is 1. The minimum Gasteiger partial charge on any atom is -0.459 e. The molecule has 13 nitrogen and oxygen atoms in total. The second kappa shape index (κ2) is 18.1. The van der Waals surface area contributed by atoms with Gasteiger partial charge in [-0.05, 0) is 67.6 Å². The normalized spacial score (nSPS) is 19.3. The zero-order valence-electron chi connectivity index (χ0n) is 29.9. The summed E-state index contributed by atoms with van der Waals surface area (Å²) >= 11 is 0. The van der Waals surface area contributed by atoms with Crippen molar-refractivity contribution in [1.82, 2.24) is 4.83 Å². The van der Waals surface area contributed by atoms with E-state index in [4.69, 9.17) is 23.7 Å². The lowest BCUT2D eigenvalue weighted by Gasteiger charge is -2.43. The van der Waals surface area contributed by atoms with E-state index in [-0.39, 0.29) is 27.1 Å². The van der Waals surface area contributed by atoms with Gasteiger partial charge in [0, 0.05) is 0 Å². The van der Waals surface area contributed by atoms with Gasteiger partial charge in [0.15, 0.2) is 18.3 Å². The van der Waals surface area contributed by atoms with Crippen LogP contribution in [0.1, 0.15) is 47.0 Å². The van der Waals surface area contributed by atoms with E-state index < -0.39 is 71.0 Å². The zero-order chi connectivity index (χ0) is 39.5. The van der Waals surface area contributed by atoms with Crippen LogP contribution in [0.5, 0.6) is 0 Å². The highest BCUT2D eigenvalue weighted by molar-refractivity contribution is 7.89. The van der Waals surface area contributed by atoms with Crippen LogP contribution < -0.4 is 4.83 Å². The highest BCUT2D eigenvalue weighted by Crippen LogP contribution is 2.31. The van der Waals surface area contributed by atoms with Gasteiger partial charge < -0.3 is 23.7 Å². The summed E-state index contributed by atoms with van der Waals surface area (Å²) in [5.74, 6) is -3.35. The molecule has 1 N–H and O–H groups in total. The van der Waals surface area contributed by atoms with Crippen molar-refractivity contribution in [3.63, 3.8) is 0 Å². The maximum absolute atomic E-state index is 13.8. The maximum Gasteiger partial charge on any atom is 0.338 e. The van der Waals surface area contributed by atoms with Gasteiger partial charge in [0.25, 0.3) is 10.0 Å². The Bertz CT molecular complexity index is 2260. The molecule has 0 unspecified atom stereocenters. The number of ether oxygens (including phenoxy) is 5.